The smallest absolute Gasteiger partial charge is 0.125 e. The van der Waals surface area contributed by atoms with E-state index < -0.39 is 0 Å². The summed E-state index contributed by atoms with van der Waals surface area (Å²) >= 11 is 1.73. The van der Waals surface area contributed by atoms with E-state index in [-0.39, 0.29) is 5.60 Å². The first-order chi connectivity index (χ1) is 9.58. The summed E-state index contributed by atoms with van der Waals surface area (Å²) in [5.41, 5.74) is 1.88. The summed E-state index contributed by atoms with van der Waals surface area (Å²) in [6.07, 6.45) is 0. The van der Waals surface area contributed by atoms with Crippen LogP contribution in [-0.4, -0.2) is 18.6 Å². The van der Waals surface area contributed by atoms with Crippen molar-refractivity contribution in [1.29, 1.82) is 0 Å². The molecule has 0 bridgehead atoms. The zero-order valence-electron chi connectivity index (χ0n) is 12.6. The summed E-state index contributed by atoms with van der Waals surface area (Å²) in [6, 6.07) is 10.3. The van der Waals surface area contributed by atoms with Crippen molar-refractivity contribution in [2.24, 2.45) is 0 Å². The van der Waals surface area contributed by atoms with Crippen LogP contribution in [0.1, 0.15) is 30.7 Å². The second-order valence-electron chi connectivity index (χ2n) is 5.15. The largest absolute Gasteiger partial charge is 0.372 e. The third-order valence-corrected chi connectivity index (χ3v) is 4.67. The highest BCUT2D eigenvalue weighted by molar-refractivity contribution is 7.12. The minimum Gasteiger partial charge on any atom is -0.372 e. The maximum atomic E-state index is 5.56. The van der Waals surface area contributed by atoms with Gasteiger partial charge in [0.2, 0.25) is 0 Å². The average molecular weight is 290 g/mol. The van der Waals surface area contributed by atoms with Crippen LogP contribution < -0.4 is 5.32 Å². The molecule has 0 aliphatic heterocycles. The van der Waals surface area contributed by atoms with Crippen LogP contribution in [0.25, 0.3) is 11.3 Å². The van der Waals surface area contributed by atoms with Crippen LogP contribution in [0.4, 0.5) is 0 Å². The molecule has 1 aromatic heterocycles. The van der Waals surface area contributed by atoms with E-state index in [4.69, 9.17) is 9.72 Å². The highest BCUT2D eigenvalue weighted by Gasteiger charge is 2.26. The lowest BCUT2D eigenvalue weighted by atomic mass is 10.1. The van der Waals surface area contributed by atoms with Gasteiger partial charge in [-0.25, -0.2) is 4.98 Å². The van der Waals surface area contributed by atoms with E-state index in [2.05, 4.69) is 38.2 Å². The third kappa shape index (κ3) is 3.26. The van der Waals surface area contributed by atoms with Crippen LogP contribution in [0, 0.1) is 0 Å². The minimum absolute atomic E-state index is 0.349. The van der Waals surface area contributed by atoms with Gasteiger partial charge in [-0.2, -0.15) is 0 Å². The SMILES string of the molecule is CCNCc1sc(C(C)(C)OC)nc1-c1ccccc1. The number of benzene rings is 1. The maximum absolute atomic E-state index is 5.56. The van der Waals surface area contributed by atoms with Crippen LogP contribution in [0.15, 0.2) is 30.3 Å². The van der Waals surface area contributed by atoms with E-state index in [1.807, 2.05) is 18.2 Å². The lowest BCUT2D eigenvalue weighted by molar-refractivity contribution is 0.0191. The van der Waals surface area contributed by atoms with Gasteiger partial charge in [0.1, 0.15) is 10.6 Å². The number of hydrogen-bond acceptors (Lipinski definition) is 4. The molecule has 0 saturated carbocycles. The monoisotopic (exact) mass is 290 g/mol. The van der Waals surface area contributed by atoms with Gasteiger partial charge in [0.15, 0.2) is 0 Å². The molecule has 4 heteroatoms. The van der Waals surface area contributed by atoms with E-state index in [9.17, 15) is 0 Å². The molecule has 0 amide bonds. The molecule has 20 heavy (non-hydrogen) atoms. The number of thiazole rings is 1. The van der Waals surface area contributed by atoms with Gasteiger partial charge in [0.25, 0.3) is 0 Å². The number of nitrogens with zero attached hydrogens (tertiary/aromatic N) is 1. The molecule has 1 aromatic carbocycles. The van der Waals surface area contributed by atoms with Crippen LogP contribution in [0.2, 0.25) is 0 Å². The quantitative estimate of drug-likeness (QED) is 0.878. The first-order valence-electron chi connectivity index (χ1n) is 6.90. The molecular formula is C16H22N2OS. The second kappa shape index (κ2) is 6.48. The Balaban J connectivity index is 2.43. The van der Waals surface area contributed by atoms with E-state index in [0.717, 1.165) is 29.4 Å². The van der Waals surface area contributed by atoms with Crippen molar-refractivity contribution in [3.8, 4) is 11.3 Å². The highest BCUT2D eigenvalue weighted by atomic mass is 32.1. The zero-order chi connectivity index (χ0) is 14.6. The Kier molecular flexibility index (Phi) is 4.91. The van der Waals surface area contributed by atoms with Crippen LogP contribution >= 0.6 is 11.3 Å². The van der Waals surface area contributed by atoms with Crippen LogP contribution in [0.3, 0.4) is 0 Å². The van der Waals surface area contributed by atoms with Crippen molar-refractivity contribution < 1.29 is 4.74 Å². The van der Waals surface area contributed by atoms with Gasteiger partial charge in [-0.3, -0.25) is 0 Å². The predicted octanol–water partition coefficient (Wildman–Crippen LogP) is 3.80. The molecule has 0 spiro atoms. The summed E-state index contributed by atoms with van der Waals surface area (Å²) in [7, 11) is 1.73. The number of ether oxygens (including phenoxy) is 1. The summed E-state index contributed by atoms with van der Waals surface area (Å²) in [5, 5.41) is 4.41. The number of aromatic nitrogens is 1. The highest BCUT2D eigenvalue weighted by Crippen LogP contribution is 2.34. The van der Waals surface area contributed by atoms with Crippen molar-refractivity contribution in [3.05, 3.63) is 40.2 Å². The lowest BCUT2D eigenvalue weighted by Crippen LogP contribution is -2.18. The van der Waals surface area contributed by atoms with Gasteiger partial charge >= 0.3 is 0 Å². The molecule has 108 valence electrons. The summed E-state index contributed by atoms with van der Waals surface area (Å²) in [4.78, 5) is 6.09. The fraction of sp³-hybridized carbons (Fsp3) is 0.438. The molecule has 1 N–H and O–H groups in total. The molecule has 2 aromatic rings. The number of methoxy groups -OCH3 is 1. The standard InChI is InChI=1S/C16H22N2OS/c1-5-17-11-13-14(12-9-7-6-8-10-12)18-15(20-13)16(2,3)19-4/h6-10,17H,5,11H2,1-4H3. The van der Waals surface area contributed by atoms with Gasteiger partial charge in [0, 0.05) is 24.1 Å². The Labute approximate surface area is 125 Å². The van der Waals surface area contributed by atoms with Crippen molar-refractivity contribution in [2.45, 2.75) is 32.9 Å². The van der Waals surface area contributed by atoms with Crippen molar-refractivity contribution in [1.82, 2.24) is 10.3 Å². The number of nitrogens with one attached hydrogen (secondary N) is 1. The molecule has 0 unspecified atom stereocenters. The number of hydrogen-bond donors (Lipinski definition) is 1. The van der Waals surface area contributed by atoms with Crippen molar-refractivity contribution in [3.63, 3.8) is 0 Å². The predicted molar refractivity (Wildman–Crippen MR) is 85.0 cm³/mol. The molecule has 2 rings (SSSR count). The molecule has 0 aliphatic carbocycles. The van der Waals surface area contributed by atoms with Crippen molar-refractivity contribution in [2.75, 3.05) is 13.7 Å². The second-order valence-corrected chi connectivity index (χ2v) is 6.24. The first kappa shape index (κ1) is 15.2. The van der Waals surface area contributed by atoms with Gasteiger partial charge < -0.3 is 10.1 Å². The first-order valence-corrected chi connectivity index (χ1v) is 7.71. The van der Waals surface area contributed by atoms with Gasteiger partial charge in [-0.1, -0.05) is 37.3 Å². The minimum atomic E-state index is -0.349. The van der Waals surface area contributed by atoms with E-state index in [0.29, 0.717) is 0 Å². The Hall–Kier alpha value is -1.23. The Morgan fingerprint density at radius 2 is 1.95 bits per heavy atom. The Morgan fingerprint density at radius 1 is 1.25 bits per heavy atom. The molecule has 0 aliphatic rings. The third-order valence-electron chi connectivity index (χ3n) is 3.31. The summed E-state index contributed by atoms with van der Waals surface area (Å²) in [6.45, 7) is 8.02. The molecule has 1 heterocycles. The Bertz CT molecular complexity index is 549. The average Bonchev–Trinajstić information content (AvgIpc) is 2.91. The maximum Gasteiger partial charge on any atom is 0.125 e. The Morgan fingerprint density at radius 3 is 2.55 bits per heavy atom. The molecule has 0 saturated heterocycles. The fourth-order valence-electron chi connectivity index (χ4n) is 1.88. The summed E-state index contributed by atoms with van der Waals surface area (Å²) in [5.74, 6) is 0. The molecule has 0 radical (unpaired) electrons. The molecule has 3 nitrogen and oxygen atoms in total. The normalized spacial score (nSPS) is 11.8. The molecule has 0 atom stereocenters. The van der Waals surface area contributed by atoms with Gasteiger partial charge in [0.05, 0.1) is 5.69 Å². The van der Waals surface area contributed by atoms with E-state index in [1.54, 1.807) is 18.4 Å². The van der Waals surface area contributed by atoms with Crippen LogP contribution in [-0.2, 0) is 16.9 Å². The van der Waals surface area contributed by atoms with Crippen molar-refractivity contribution >= 4 is 11.3 Å². The number of rotatable bonds is 6. The van der Waals surface area contributed by atoms with Gasteiger partial charge in [-0.05, 0) is 20.4 Å². The zero-order valence-corrected chi connectivity index (χ0v) is 13.4. The van der Waals surface area contributed by atoms with Gasteiger partial charge in [-0.15, -0.1) is 11.3 Å². The van der Waals surface area contributed by atoms with Crippen LogP contribution in [0.5, 0.6) is 0 Å². The van der Waals surface area contributed by atoms with E-state index in [1.165, 1.54) is 4.88 Å². The lowest BCUT2D eigenvalue weighted by Gasteiger charge is -2.19. The fourth-order valence-corrected chi connectivity index (χ4v) is 3.01. The van der Waals surface area contributed by atoms with E-state index >= 15 is 0 Å². The topological polar surface area (TPSA) is 34.1 Å². The summed E-state index contributed by atoms with van der Waals surface area (Å²) < 4.78 is 5.56. The molecule has 0 fully saturated rings. The molecular weight excluding hydrogens is 268 g/mol.